The number of alkyl halides is 3. The van der Waals surface area contributed by atoms with Crippen LogP contribution in [0.2, 0.25) is 0 Å². The number of hydrogen-bond donors (Lipinski definition) is 5. The lowest BCUT2D eigenvalue weighted by Crippen LogP contribution is -2.43. The Kier molecular flexibility index (Phi) is 14.0. The number of aryl methyl sites for hydroxylation is 1. The van der Waals surface area contributed by atoms with Gasteiger partial charge in [0.05, 0.1) is 11.1 Å². The molecule has 0 bridgehead atoms. The minimum atomic E-state index is -4.58. The molecular formula is C41H39F7N6O6. The molecule has 6 rings (SSSR count). The van der Waals surface area contributed by atoms with Crippen LogP contribution in [0.4, 0.5) is 42.1 Å². The van der Waals surface area contributed by atoms with E-state index in [0.29, 0.717) is 34.6 Å². The molecule has 0 saturated carbocycles. The van der Waals surface area contributed by atoms with E-state index in [1.165, 1.54) is 6.20 Å². The lowest BCUT2D eigenvalue weighted by Gasteiger charge is -2.18. The Morgan fingerprint density at radius 1 is 0.800 bits per heavy atom. The first-order valence-electron chi connectivity index (χ1n) is 17.6. The van der Waals surface area contributed by atoms with Crippen LogP contribution in [-0.2, 0) is 18.3 Å². The molecule has 3 aromatic carbocycles. The van der Waals surface area contributed by atoms with Crippen molar-refractivity contribution in [2.75, 3.05) is 10.6 Å². The van der Waals surface area contributed by atoms with Crippen LogP contribution in [0.5, 0.6) is 0 Å². The quantitative estimate of drug-likeness (QED) is 0.0812. The summed E-state index contributed by atoms with van der Waals surface area (Å²) in [6.45, 7) is 4.35. The van der Waals surface area contributed by atoms with Gasteiger partial charge in [-0.25, -0.2) is 32.1 Å². The number of nitrogens with one attached hydrogen (secondary N) is 3. The second-order valence-corrected chi connectivity index (χ2v) is 13.6. The molecule has 0 fully saturated rings. The standard InChI is InChI=1S/C30H27F2N5O4.C10H8F5NO2.CH4/c1-16(2)34-18-13-22(31)26(23(32)14-18)28(38)35-24(30(40)41)15-19-8-9-20(27-33-10-11-37(19)27)21-12-17-6-4-5-7-25(17)36(3)29(21)39;1-4(10(13,14)15)16-5-2-6(11)8(9(17)18)7(12)3-5;/h4-14,16,24,34H,15H2,1-3H3,(H,35,38)(H,40,41);2-4,16H,1H3,(H,17,18);1H4/t24-;4-;/m01./s1. The van der Waals surface area contributed by atoms with Crippen LogP contribution in [0.15, 0.2) is 83.9 Å². The number of carbonyl (C=O) groups excluding carboxylic acids is 1. The van der Waals surface area contributed by atoms with E-state index in [-0.39, 0.29) is 31.1 Å². The third-order valence-corrected chi connectivity index (χ3v) is 8.93. The highest BCUT2D eigenvalue weighted by molar-refractivity contribution is 5.97. The third kappa shape index (κ3) is 10.0. The zero-order chi connectivity index (χ0) is 43.5. The summed E-state index contributed by atoms with van der Waals surface area (Å²) >= 11 is 0. The number of anilines is 2. The first kappa shape index (κ1) is 45.8. The molecule has 5 N–H and O–H groups in total. The zero-order valence-corrected chi connectivity index (χ0v) is 31.5. The molecule has 0 aliphatic carbocycles. The maximum Gasteiger partial charge on any atom is 0.408 e. The fraction of sp³-hybridized carbons (Fsp3) is 0.244. The molecule has 60 heavy (non-hydrogen) atoms. The molecule has 0 spiro atoms. The van der Waals surface area contributed by atoms with Gasteiger partial charge in [-0.3, -0.25) is 9.59 Å². The number of amides is 1. The topological polar surface area (TPSA) is 167 Å². The summed E-state index contributed by atoms with van der Waals surface area (Å²) in [5, 5.41) is 26.1. The normalized spacial score (nSPS) is 12.3. The Morgan fingerprint density at radius 3 is 1.92 bits per heavy atom. The van der Waals surface area contributed by atoms with Gasteiger partial charge in [0, 0.05) is 54.5 Å². The van der Waals surface area contributed by atoms with Crippen molar-refractivity contribution < 1.29 is 55.3 Å². The summed E-state index contributed by atoms with van der Waals surface area (Å²) in [6, 6.07) is 11.9. The van der Waals surface area contributed by atoms with Crippen molar-refractivity contribution >= 4 is 45.8 Å². The minimum Gasteiger partial charge on any atom is -0.480 e. The van der Waals surface area contributed by atoms with Crippen molar-refractivity contribution in [3.8, 4) is 11.1 Å². The summed E-state index contributed by atoms with van der Waals surface area (Å²) in [5.41, 5.74) is -0.0454. The second-order valence-electron chi connectivity index (χ2n) is 13.6. The number of aromatic nitrogens is 3. The number of imidazole rings is 1. The zero-order valence-electron chi connectivity index (χ0n) is 31.5. The highest BCUT2D eigenvalue weighted by atomic mass is 19.4. The molecule has 3 heterocycles. The van der Waals surface area contributed by atoms with Crippen LogP contribution in [0, 0.1) is 23.3 Å². The Morgan fingerprint density at radius 2 is 1.37 bits per heavy atom. The van der Waals surface area contributed by atoms with Gasteiger partial charge in [-0.1, -0.05) is 25.6 Å². The van der Waals surface area contributed by atoms with Crippen LogP contribution in [0.25, 0.3) is 27.7 Å². The van der Waals surface area contributed by atoms with Crippen molar-refractivity contribution in [3.63, 3.8) is 0 Å². The fourth-order valence-electron chi connectivity index (χ4n) is 6.10. The molecule has 2 atom stereocenters. The molecule has 0 aliphatic rings. The van der Waals surface area contributed by atoms with Gasteiger partial charge in [0.25, 0.3) is 11.5 Å². The summed E-state index contributed by atoms with van der Waals surface area (Å²) in [4.78, 5) is 53.0. The number of rotatable bonds is 11. The minimum absolute atomic E-state index is 0. The number of carbonyl (C=O) groups is 3. The van der Waals surface area contributed by atoms with E-state index in [0.717, 1.165) is 30.0 Å². The van der Waals surface area contributed by atoms with Gasteiger partial charge in [-0.15, -0.1) is 0 Å². The molecule has 0 saturated heterocycles. The lowest BCUT2D eigenvalue weighted by atomic mass is 10.0. The molecule has 6 aromatic rings. The number of para-hydroxylation sites is 1. The van der Waals surface area contributed by atoms with E-state index in [9.17, 15) is 55.0 Å². The molecule has 0 radical (unpaired) electrons. The monoisotopic (exact) mass is 844 g/mol. The van der Waals surface area contributed by atoms with E-state index >= 15 is 0 Å². The molecule has 3 aromatic heterocycles. The molecule has 318 valence electrons. The summed E-state index contributed by atoms with van der Waals surface area (Å²) < 4.78 is 95.5. The van der Waals surface area contributed by atoms with E-state index in [2.05, 4.69) is 15.6 Å². The van der Waals surface area contributed by atoms with Crippen molar-refractivity contribution in [1.29, 1.82) is 0 Å². The van der Waals surface area contributed by atoms with Gasteiger partial charge in [0.1, 0.15) is 52.1 Å². The smallest absolute Gasteiger partial charge is 0.408 e. The number of halogens is 7. The maximum absolute atomic E-state index is 14.7. The van der Waals surface area contributed by atoms with Crippen molar-refractivity contribution in [2.45, 2.75) is 58.9 Å². The Hall–Kier alpha value is -6.92. The second kappa shape index (κ2) is 18.3. The highest BCUT2D eigenvalue weighted by Gasteiger charge is 2.36. The Balaban J connectivity index is 0.000000352. The van der Waals surface area contributed by atoms with Gasteiger partial charge in [0.15, 0.2) is 0 Å². The number of aliphatic carboxylic acids is 1. The number of pyridine rings is 2. The largest absolute Gasteiger partial charge is 0.480 e. The van der Waals surface area contributed by atoms with E-state index in [4.69, 9.17) is 5.11 Å². The molecule has 19 heteroatoms. The first-order valence-corrected chi connectivity index (χ1v) is 17.6. The van der Waals surface area contributed by atoms with Gasteiger partial charge in [0.2, 0.25) is 0 Å². The van der Waals surface area contributed by atoms with Crippen molar-refractivity contribution in [1.82, 2.24) is 19.3 Å². The Bertz CT molecular complexity index is 2600. The number of nitrogens with zero attached hydrogens (tertiary/aromatic N) is 3. The van der Waals surface area contributed by atoms with Crippen LogP contribution in [0.3, 0.4) is 0 Å². The third-order valence-electron chi connectivity index (χ3n) is 8.93. The molecule has 0 unspecified atom stereocenters. The average Bonchev–Trinajstić information content (AvgIpc) is 3.63. The maximum atomic E-state index is 14.7. The van der Waals surface area contributed by atoms with Crippen LogP contribution in [-0.4, -0.2) is 66.3 Å². The number of hydrogen-bond acceptors (Lipinski definition) is 7. The molecular weight excluding hydrogens is 805 g/mol. The van der Waals surface area contributed by atoms with Gasteiger partial charge < -0.3 is 35.1 Å². The molecule has 12 nitrogen and oxygen atoms in total. The summed E-state index contributed by atoms with van der Waals surface area (Å²) in [6.07, 6.45) is -1.68. The van der Waals surface area contributed by atoms with E-state index < -0.39 is 76.2 Å². The van der Waals surface area contributed by atoms with E-state index in [1.54, 1.807) is 54.3 Å². The fourth-order valence-corrected chi connectivity index (χ4v) is 6.10. The number of aromatic carboxylic acids is 1. The lowest BCUT2D eigenvalue weighted by molar-refractivity contribution is -0.139. The van der Waals surface area contributed by atoms with Gasteiger partial charge >= 0.3 is 18.1 Å². The number of carboxylic acids is 2. The first-order chi connectivity index (χ1) is 27.7. The van der Waals surface area contributed by atoms with Crippen molar-refractivity contribution in [2.24, 2.45) is 7.05 Å². The molecule has 0 aliphatic heterocycles. The number of fused-ring (bicyclic) bond motifs is 2. The predicted molar refractivity (Wildman–Crippen MR) is 210 cm³/mol. The van der Waals surface area contributed by atoms with Gasteiger partial charge in [-0.2, -0.15) is 13.2 Å². The highest BCUT2D eigenvalue weighted by Crippen LogP contribution is 2.28. The van der Waals surface area contributed by atoms with Crippen LogP contribution >= 0.6 is 0 Å². The summed E-state index contributed by atoms with van der Waals surface area (Å²) in [7, 11) is 1.69. The van der Waals surface area contributed by atoms with Crippen molar-refractivity contribution in [3.05, 3.63) is 130 Å². The SMILES string of the molecule is C.CC(C)Nc1cc(F)c(C(=O)N[C@@H](Cc2ccc(-c3cc4ccccc4n(C)c3=O)c3nccn23)C(=O)O)c(F)c1.C[C@@H](Nc1cc(F)c(C(=O)O)c(F)c1)C(F)(F)F. The molecule has 1 amide bonds. The van der Waals surface area contributed by atoms with Crippen LogP contribution < -0.4 is 21.5 Å². The van der Waals surface area contributed by atoms with Crippen LogP contribution in [0.1, 0.15) is 54.6 Å². The Labute approximate surface area is 337 Å². The average molecular weight is 845 g/mol. The van der Waals surface area contributed by atoms with Gasteiger partial charge in [-0.05, 0) is 74.7 Å². The predicted octanol–water partition coefficient (Wildman–Crippen LogP) is 8.04. The van der Waals surface area contributed by atoms with E-state index in [1.807, 2.05) is 29.6 Å². The number of carboxylic acid groups (broad SMARTS) is 2. The summed E-state index contributed by atoms with van der Waals surface area (Å²) in [5.74, 6) is -9.54. The number of benzene rings is 3.